The molecule has 2 aromatic carbocycles. The number of benzene rings is 2. The summed E-state index contributed by atoms with van der Waals surface area (Å²) in [7, 11) is 0. The Morgan fingerprint density at radius 3 is 2.26 bits per heavy atom. The number of nitrogens with two attached hydrogens (primary N) is 1. The van der Waals surface area contributed by atoms with Gasteiger partial charge in [0.2, 0.25) is 23.6 Å². The Bertz CT molecular complexity index is 1400. The molecule has 0 spiro atoms. The lowest BCUT2D eigenvalue weighted by Gasteiger charge is -2.25. The summed E-state index contributed by atoms with van der Waals surface area (Å²) in [5.74, 6) is -0.994. The number of para-hydroxylation sites is 1. The van der Waals surface area contributed by atoms with Gasteiger partial charge in [0.1, 0.15) is 6.04 Å². The minimum Gasteiger partial charge on any atom is -0.361 e. The number of hydrogen-bond acceptors (Lipinski definition) is 5. The highest BCUT2D eigenvalue weighted by atomic mass is 16.2. The van der Waals surface area contributed by atoms with Crippen molar-refractivity contribution in [1.29, 1.82) is 0 Å². The Kier molecular flexibility index (Phi) is 14.8. The number of fused-ring (bicyclic) bond motifs is 1. The van der Waals surface area contributed by atoms with Gasteiger partial charge in [-0.3, -0.25) is 19.2 Å². The van der Waals surface area contributed by atoms with E-state index in [4.69, 9.17) is 5.73 Å². The molecule has 10 nitrogen and oxygen atoms in total. The largest absolute Gasteiger partial charge is 0.361 e. The van der Waals surface area contributed by atoms with E-state index in [0.717, 1.165) is 60.6 Å². The van der Waals surface area contributed by atoms with Gasteiger partial charge in [-0.05, 0) is 55.8 Å². The fourth-order valence-corrected chi connectivity index (χ4v) is 6.21. The lowest BCUT2D eigenvalue weighted by molar-refractivity contribution is -0.130. The van der Waals surface area contributed by atoms with Crippen molar-refractivity contribution in [3.63, 3.8) is 0 Å². The zero-order chi connectivity index (χ0) is 32.0. The molecule has 1 heterocycles. The molecule has 10 heteroatoms. The monoisotopic (exact) mass is 632 g/mol. The van der Waals surface area contributed by atoms with Crippen molar-refractivity contribution in [3.8, 4) is 0 Å². The van der Waals surface area contributed by atoms with E-state index in [1.165, 1.54) is 6.92 Å². The van der Waals surface area contributed by atoms with Crippen LogP contribution in [0.4, 0.5) is 0 Å². The number of H-pyrrole nitrogens is 1. The van der Waals surface area contributed by atoms with Gasteiger partial charge in [0.25, 0.3) is 0 Å². The lowest BCUT2D eigenvalue weighted by Crippen LogP contribution is -2.52. The summed E-state index contributed by atoms with van der Waals surface area (Å²) in [4.78, 5) is 55.5. The highest BCUT2D eigenvalue weighted by Crippen LogP contribution is 2.20. The molecule has 3 atom stereocenters. The van der Waals surface area contributed by atoms with E-state index in [1.807, 2.05) is 60.8 Å². The second-order valence-corrected chi connectivity index (χ2v) is 12.2. The first-order valence-corrected chi connectivity index (χ1v) is 16.3. The molecule has 0 radical (unpaired) electrons. The van der Waals surface area contributed by atoms with E-state index in [1.54, 1.807) is 0 Å². The van der Waals surface area contributed by atoms with Gasteiger partial charge in [-0.25, -0.2) is 0 Å². The van der Waals surface area contributed by atoms with Gasteiger partial charge in [-0.2, -0.15) is 0 Å². The van der Waals surface area contributed by atoms with Gasteiger partial charge in [-0.15, -0.1) is 0 Å². The normalized spacial score (nSPS) is 14.9. The molecule has 3 aromatic rings. The van der Waals surface area contributed by atoms with Crippen LogP contribution in [-0.4, -0.2) is 59.3 Å². The average molecular weight is 633 g/mol. The predicted molar refractivity (Wildman–Crippen MR) is 183 cm³/mol. The third kappa shape index (κ3) is 11.6. The molecule has 0 aliphatic heterocycles. The number of nitrogens with one attached hydrogen (secondary N) is 5. The van der Waals surface area contributed by atoms with Crippen molar-refractivity contribution in [3.05, 3.63) is 71.9 Å². The second-order valence-electron chi connectivity index (χ2n) is 12.2. The summed E-state index contributed by atoms with van der Waals surface area (Å²) >= 11 is 0. The first kappa shape index (κ1) is 36.3. The Balaban J connectivity index is 0.00000576. The van der Waals surface area contributed by atoms with Crippen LogP contribution in [0, 0.1) is 0 Å². The molecule has 0 unspecified atom stereocenters. The van der Waals surface area contributed by atoms with Crippen molar-refractivity contribution in [2.24, 2.45) is 5.73 Å². The lowest BCUT2D eigenvalue weighted by atomic mass is 10.0. The number of carbonyl (C=O) groups is 4. The molecule has 1 aliphatic rings. The molecule has 7 N–H and O–H groups in total. The van der Waals surface area contributed by atoms with Gasteiger partial charge in [-0.1, -0.05) is 75.2 Å². The Hall–Kier alpha value is -4.18. The summed E-state index contributed by atoms with van der Waals surface area (Å²) in [5, 5.41) is 13.0. The van der Waals surface area contributed by atoms with E-state index in [9.17, 15) is 19.2 Å². The summed E-state index contributed by atoms with van der Waals surface area (Å²) in [6.45, 7) is 1.96. The first-order valence-electron chi connectivity index (χ1n) is 16.3. The van der Waals surface area contributed by atoms with Crippen LogP contribution < -0.4 is 27.0 Å². The number of rotatable bonds is 17. The van der Waals surface area contributed by atoms with Crippen LogP contribution >= 0.6 is 0 Å². The van der Waals surface area contributed by atoms with Crippen molar-refractivity contribution < 1.29 is 19.2 Å². The summed E-state index contributed by atoms with van der Waals surface area (Å²) in [5.41, 5.74) is 8.55. The Morgan fingerprint density at radius 1 is 0.848 bits per heavy atom. The zero-order valence-electron chi connectivity index (χ0n) is 26.3. The second kappa shape index (κ2) is 18.7. The smallest absolute Gasteiger partial charge is 0.243 e. The third-order valence-corrected chi connectivity index (χ3v) is 8.42. The standard InChI is InChI=1S/C35H48N6O4.CH4/c1-24(42)38-29(19-25-11-3-2-4-12-25)22-34(44)41-32(20-26-23-37-31-17-8-7-16-30(26)31)35(45)40-28(15-9-10-18-36)21-33(43)39-27-13-5-6-14-27;/h2-4,7-8,11-12,16-17,23,27-29,32,37H,5-6,9-10,13-15,18-22,36H2,1H3,(H,38,42)(H,39,43)(H,40,45)(H,41,44);1H4/t28-,29-,32+;/m0./s1. The topological polar surface area (TPSA) is 158 Å². The number of hydrogen-bond donors (Lipinski definition) is 6. The fourth-order valence-electron chi connectivity index (χ4n) is 6.21. The van der Waals surface area contributed by atoms with Crippen LogP contribution in [0.1, 0.15) is 83.3 Å². The minimum absolute atomic E-state index is 0. The molecule has 4 amide bonds. The van der Waals surface area contributed by atoms with Crippen molar-refractivity contribution in [2.45, 2.75) is 109 Å². The number of unbranched alkanes of at least 4 members (excludes halogenated alkanes) is 1. The molecular formula is C36H52N6O4. The molecule has 46 heavy (non-hydrogen) atoms. The zero-order valence-corrected chi connectivity index (χ0v) is 26.3. The van der Waals surface area contributed by atoms with E-state index in [2.05, 4.69) is 26.3 Å². The van der Waals surface area contributed by atoms with Crippen LogP contribution in [0.15, 0.2) is 60.8 Å². The highest BCUT2D eigenvalue weighted by Gasteiger charge is 2.28. The Morgan fingerprint density at radius 2 is 1.54 bits per heavy atom. The first-order chi connectivity index (χ1) is 21.8. The van der Waals surface area contributed by atoms with Gasteiger partial charge in [0, 0.05) is 61.4 Å². The summed E-state index contributed by atoms with van der Waals surface area (Å²) in [6.07, 6.45) is 9.15. The van der Waals surface area contributed by atoms with E-state index >= 15 is 0 Å². The number of aromatic nitrogens is 1. The number of carbonyl (C=O) groups excluding carboxylic acids is 4. The maximum absolute atomic E-state index is 13.9. The van der Waals surface area contributed by atoms with Gasteiger partial charge >= 0.3 is 0 Å². The van der Waals surface area contributed by atoms with E-state index < -0.39 is 18.1 Å². The maximum Gasteiger partial charge on any atom is 0.243 e. The van der Waals surface area contributed by atoms with Gasteiger partial charge < -0.3 is 32.0 Å². The average Bonchev–Trinajstić information content (AvgIpc) is 3.67. The Labute approximate surface area is 273 Å². The quantitative estimate of drug-likeness (QED) is 0.124. The van der Waals surface area contributed by atoms with Crippen molar-refractivity contribution in [1.82, 2.24) is 26.3 Å². The molecule has 4 rings (SSSR count). The van der Waals surface area contributed by atoms with Crippen LogP contribution in [0.5, 0.6) is 0 Å². The molecule has 1 fully saturated rings. The molecular weight excluding hydrogens is 580 g/mol. The van der Waals surface area contributed by atoms with Crippen LogP contribution in [0.25, 0.3) is 10.9 Å². The van der Waals surface area contributed by atoms with Crippen LogP contribution in [0.2, 0.25) is 0 Å². The highest BCUT2D eigenvalue weighted by molar-refractivity contribution is 5.90. The van der Waals surface area contributed by atoms with Crippen molar-refractivity contribution >= 4 is 34.5 Å². The van der Waals surface area contributed by atoms with E-state index in [0.29, 0.717) is 19.4 Å². The molecule has 1 aliphatic carbocycles. The summed E-state index contributed by atoms with van der Waals surface area (Å²) in [6, 6.07) is 15.9. The minimum atomic E-state index is -0.888. The summed E-state index contributed by atoms with van der Waals surface area (Å²) < 4.78 is 0. The van der Waals surface area contributed by atoms with E-state index in [-0.39, 0.29) is 56.4 Å². The number of aromatic amines is 1. The maximum atomic E-state index is 13.9. The molecule has 250 valence electrons. The molecule has 1 saturated carbocycles. The molecule has 0 saturated heterocycles. The fraction of sp³-hybridized carbons (Fsp3) is 0.500. The third-order valence-electron chi connectivity index (χ3n) is 8.42. The number of amides is 4. The molecule has 1 aromatic heterocycles. The van der Waals surface area contributed by atoms with Crippen LogP contribution in [-0.2, 0) is 32.0 Å². The van der Waals surface area contributed by atoms with Gasteiger partial charge in [0.15, 0.2) is 0 Å². The van der Waals surface area contributed by atoms with Gasteiger partial charge in [0.05, 0.1) is 0 Å². The molecule has 0 bridgehead atoms. The van der Waals surface area contributed by atoms with Crippen LogP contribution in [0.3, 0.4) is 0 Å². The van der Waals surface area contributed by atoms with Crippen molar-refractivity contribution in [2.75, 3.05) is 6.54 Å². The predicted octanol–water partition coefficient (Wildman–Crippen LogP) is 4.03. The SMILES string of the molecule is C.CC(=O)N[C@H](CC(=O)N[C@H](Cc1c[nH]c2ccccc12)C(=O)N[C@@H](CCCCN)CC(=O)NC1CCCC1)Cc1ccccc1.